The lowest BCUT2D eigenvalue weighted by molar-refractivity contribution is 0.103. The molecule has 1 N–H and O–H groups in total. The van der Waals surface area contributed by atoms with Crippen molar-refractivity contribution in [1.29, 1.82) is 0 Å². The van der Waals surface area contributed by atoms with Crippen molar-refractivity contribution in [2.24, 2.45) is 0 Å². The number of hydrogen-bond donors (Lipinski definition) is 1. The number of nitrogens with one attached hydrogen (secondary N) is 1. The molecule has 0 aliphatic heterocycles. The first-order chi connectivity index (χ1) is 9.15. The highest BCUT2D eigenvalue weighted by molar-refractivity contribution is 7.11. The Morgan fingerprint density at radius 2 is 2.05 bits per heavy atom. The zero-order valence-electron chi connectivity index (χ0n) is 10.3. The summed E-state index contributed by atoms with van der Waals surface area (Å²) in [5, 5.41) is 3.15. The van der Waals surface area contributed by atoms with E-state index >= 15 is 0 Å². The predicted molar refractivity (Wildman–Crippen MR) is 74.6 cm³/mol. The van der Waals surface area contributed by atoms with Gasteiger partial charge in [-0.2, -0.15) is 0 Å². The highest BCUT2D eigenvalue weighted by atomic mass is 35.5. The number of thiazole rings is 1. The molecule has 5 nitrogen and oxygen atoms in total. The van der Waals surface area contributed by atoms with Crippen LogP contribution >= 0.6 is 22.9 Å². The summed E-state index contributed by atoms with van der Waals surface area (Å²) >= 11 is 7.25. The molecule has 1 amide bonds. The van der Waals surface area contributed by atoms with Gasteiger partial charge in [-0.05, 0) is 0 Å². The molecular formula is C12H11ClN2O3S. The van der Waals surface area contributed by atoms with Crippen LogP contribution < -0.4 is 14.8 Å². The maximum Gasteiger partial charge on any atom is 0.267 e. The molecule has 1 heterocycles. The minimum absolute atomic E-state index is 0.259. The van der Waals surface area contributed by atoms with E-state index in [9.17, 15) is 4.79 Å². The van der Waals surface area contributed by atoms with Gasteiger partial charge in [0, 0.05) is 12.1 Å². The van der Waals surface area contributed by atoms with Gasteiger partial charge in [-0.1, -0.05) is 11.6 Å². The van der Waals surface area contributed by atoms with Gasteiger partial charge in [0.25, 0.3) is 5.91 Å². The van der Waals surface area contributed by atoms with Gasteiger partial charge in [-0.15, -0.1) is 11.3 Å². The molecule has 0 atom stereocenters. The van der Waals surface area contributed by atoms with Crippen molar-refractivity contribution in [1.82, 2.24) is 4.98 Å². The first-order valence-corrected chi connectivity index (χ1v) is 6.53. The van der Waals surface area contributed by atoms with Crippen LogP contribution in [0.4, 0.5) is 5.69 Å². The lowest BCUT2D eigenvalue weighted by Gasteiger charge is -2.12. The number of hydrogen-bond acceptors (Lipinski definition) is 5. The third-order valence-corrected chi connectivity index (χ3v) is 3.45. The van der Waals surface area contributed by atoms with Gasteiger partial charge >= 0.3 is 0 Å². The lowest BCUT2D eigenvalue weighted by Crippen LogP contribution is -2.11. The molecule has 1 aromatic carbocycles. The summed E-state index contributed by atoms with van der Waals surface area (Å²) in [6, 6.07) is 3.20. The summed E-state index contributed by atoms with van der Waals surface area (Å²) in [7, 11) is 3.00. The molecule has 2 rings (SSSR count). The van der Waals surface area contributed by atoms with Gasteiger partial charge in [-0.3, -0.25) is 9.78 Å². The molecule has 0 radical (unpaired) electrons. The van der Waals surface area contributed by atoms with E-state index in [2.05, 4.69) is 10.3 Å². The topological polar surface area (TPSA) is 60.5 Å². The predicted octanol–water partition coefficient (Wildman–Crippen LogP) is 3.07. The van der Waals surface area contributed by atoms with Gasteiger partial charge in [-0.25, -0.2) is 0 Å². The Morgan fingerprint density at radius 1 is 1.32 bits per heavy atom. The summed E-state index contributed by atoms with van der Waals surface area (Å²) < 4.78 is 10.3. The Bertz CT molecular complexity index is 587. The Balaban J connectivity index is 2.31. The quantitative estimate of drug-likeness (QED) is 0.942. The number of carbonyl (C=O) groups excluding carboxylic acids is 1. The highest BCUT2D eigenvalue weighted by Gasteiger charge is 2.14. The minimum atomic E-state index is -0.259. The van der Waals surface area contributed by atoms with E-state index < -0.39 is 0 Å². The number of halogens is 1. The minimum Gasteiger partial charge on any atom is -0.495 e. The molecule has 19 heavy (non-hydrogen) atoms. The zero-order valence-corrected chi connectivity index (χ0v) is 11.8. The molecule has 7 heteroatoms. The molecule has 0 bridgehead atoms. The maximum atomic E-state index is 12.0. The molecule has 0 saturated heterocycles. The molecule has 0 aliphatic rings. The Labute approximate surface area is 119 Å². The zero-order chi connectivity index (χ0) is 13.8. The summed E-state index contributed by atoms with van der Waals surface area (Å²) in [5.74, 6) is 0.663. The Morgan fingerprint density at radius 3 is 2.63 bits per heavy atom. The summed E-state index contributed by atoms with van der Waals surface area (Å²) in [5.41, 5.74) is 2.08. The van der Waals surface area contributed by atoms with Crippen LogP contribution in [-0.2, 0) is 0 Å². The molecule has 0 aliphatic carbocycles. The van der Waals surface area contributed by atoms with E-state index in [0.717, 1.165) is 0 Å². The SMILES string of the molecule is COc1cc(NC(=O)c2cncs2)c(OC)cc1Cl. The van der Waals surface area contributed by atoms with Crippen molar-refractivity contribution >= 4 is 34.5 Å². The van der Waals surface area contributed by atoms with Crippen molar-refractivity contribution in [3.63, 3.8) is 0 Å². The lowest BCUT2D eigenvalue weighted by atomic mass is 10.2. The van der Waals surface area contributed by atoms with Crippen LogP contribution in [0.1, 0.15) is 9.67 Å². The van der Waals surface area contributed by atoms with Gasteiger partial charge < -0.3 is 14.8 Å². The summed E-state index contributed by atoms with van der Waals surface area (Å²) in [6.45, 7) is 0. The normalized spacial score (nSPS) is 10.1. The molecular weight excluding hydrogens is 288 g/mol. The van der Waals surface area contributed by atoms with Crippen molar-refractivity contribution in [2.75, 3.05) is 19.5 Å². The number of rotatable bonds is 4. The highest BCUT2D eigenvalue weighted by Crippen LogP contribution is 2.36. The molecule has 0 saturated carbocycles. The second-order valence-corrected chi connectivity index (χ2v) is 4.80. The fraction of sp³-hybridized carbons (Fsp3) is 0.167. The first-order valence-electron chi connectivity index (χ1n) is 5.27. The molecule has 100 valence electrons. The second kappa shape index (κ2) is 5.90. The summed E-state index contributed by atoms with van der Waals surface area (Å²) in [6.07, 6.45) is 1.50. The van der Waals surface area contributed by atoms with E-state index in [0.29, 0.717) is 27.1 Å². The van der Waals surface area contributed by atoms with Gasteiger partial charge in [0.05, 0.1) is 36.6 Å². The van der Waals surface area contributed by atoms with E-state index in [1.54, 1.807) is 17.6 Å². The molecule has 0 fully saturated rings. The smallest absolute Gasteiger partial charge is 0.267 e. The van der Waals surface area contributed by atoms with Crippen LogP contribution in [0.5, 0.6) is 11.5 Å². The van der Waals surface area contributed by atoms with Crippen molar-refractivity contribution in [3.05, 3.63) is 33.7 Å². The standard InChI is InChI=1S/C12H11ClN2O3S/c1-17-9-4-8(10(18-2)3-7(9)13)15-12(16)11-5-14-6-19-11/h3-6H,1-2H3,(H,15,16). The largest absolute Gasteiger partial charge is 0.495 e. The van der Waals surface area contributed by atoms with Crippen LogP contribution in [-0.4, -0.2) is 25.1 Å². The summed E-state index contributed by atoms with van der Waals surface area (Å²) in [4.78, 5) is 16.3. The molecule has 1 aromatic heterocycles. The van der Waals surface area contributed by atoms with Crippen molar-refractivity contribution in [2.45, 2.75) is 0 Å². The average molecular weight is 299 g/mol. The van der Waals surface area contributed by atoms with Crippen LogP contribution in [0.3, 0.4) is 0 Å². The van der Waals surface area contributed by atoms with E-state index in [1.165, 1.54) is 31.8 Å². The third-order valence-electron chi connectivity index (χ3n) is 2.38. The van der Waals surface area contributed by atoms with E-state index in [-0.39, 0.29) is 5.91 Å². The van der Waals surface area contributed by atoms with Gasteiger partial charge in [0.2, 0.25) is 0 Å². The van der Waals surface area contributed by atoms with Crippen LogP contribution in [0, 0.1) is 0 Å². The van der Waals surface area contributed by atoms with Crippen LogP contribution in [0.25, 0.3) is 0 Å². The number of nitrogens with zero attached hydrogens (tertiary/aromatic N) is 1. The van der Waals surface area contributed by atoms with Crippen LogP contribution in [0.2, 0.25) is 5.02 Å². The fourth-order valence-electron chi connectivity index (χ4n) is 1.47. The first kappa shape index (κ1) is 13.6. The van der Waals surface area contributed by atoms with Crippen molar-refractivity contribution in [3.8, 4) is 11.5 Å². The monoisotopic (exact) mass is 298 g/mol. The third kappa shape index (κ3) is 2.97. The Kier molecular flexibility index (Phi) is 4.24. The molecule has 0 spiro atoms. The average Bonchev–Trinajstić information content (AvgIpc) is 2.94. The van der Waals surface area contributed by atoms with Crippen LogP contribution in [0.15, 0.2) is 23.8 Å². The Hall–Kier alpha value is -1.79. The van der Waals surface area contributed by atoms with Gasteiger partial charge in [0.15, 0.2) is 0 Å². The second-order valence-electron chi connectivity index (χ2n) is 3.51. The number of benzene rings is 1. The molecule has 0 unspecified atom stereocenters. The number of aromatic nitrogens is 1. The fourth-order valence-corrected chi connectivity index (χ4v) is 2.22. The van der Waals surface area contributed by atoms with E-state index in [4.69, 9.17) is 21.1 Å². The van der Waals surface area contributed by atoms with E-state index in [1.807, 2.05) is 0 Å². The number of methoxy groups -OCH3 is 2. The van der Waals surface area contributed by atoms with Gasteiger partial charge in [0.1, 0.15) is 16.4 Å². The number of anilines is 1. The maximum absolute atomic E-state index is 12.0. The number of carbonyl (C=O) groups is 1. The van der Waals surface area contributed by atoms with Crippen molar-refractivity contribution < 1.29 is 14.3 Å². The number of ether oxygens (including phenoxy) is 2. The number of amides is 1. The molecule has 2 aromatic rings.